The Kier molecular flexibility index (Phi) is 5.17. The van der Waals surface area contributed by atoms with Crippen LogP contribution in [0.5, 0.6) is 0 Å². The molecule has 0 aromatic heterocycles. The van der Waals surface area contributed by atoms with E-state index in [0.717, 1.165) is 11.0 Å². The van der Waals surface area contributed by atoms with E-state index < -0.39 is 31.3 Å². The highest BCUT2D eigenvalue weighted by Gasteiger charge is 2.20. The maximum absolute atomic E-state index is 13.5. The molecule has 0 unspecified atom stereocenters. The van der Waals surface area contributed by atoms with E-state index >= 15 is 0 Å². The van der Waals surface area contributed by atoms with Gasteiger partial charge in [0.05, 0.1) is 13.2 Å². The van der Waals surface area contributed by atoms with Gasteiger partial charge in [-0.1, -0.05) is 0 Å². The molecule has 0 fully saturated rings. The summed E-state index contributed by atoms with van der Waals surface area (Å²) >= 11 is 0. The minimum absolute atomic E-state index is 0.0735. The average Bonchev–Trinajstić information content (AvgIpc) is 2.33. The quantitative estimate of drug-likeness (QED) is 0.799. The monoisotopic (exact) mass is 276 g/mol. The predicted molar refractivity (Wildman–Crippen MR) is 64.5 cm³/mol. The van der Waals surface area contributed by atoms with Crippen molar-refractivity contribution in [3.8, 4) is 0 Å². The molecule has 0 atom stereocenters. The van der Waals surface area contributed by atoms with Gasteiger partial charge in [-0.3, -0.25) is 4.79 Å². The van der Waals surface area contributed by atoms with Gasteiger partial charge in [-0.25, -0.2) is 13.2 Å². The molecule has 0 radical (unpaired) electrons. The van der Waals surface area contributed by atoms with E-state index in [1.807, 2.05) is 0 Å². The van der Waals surface area contributed by atoms with Crippen LogP contribution < -0.4 is 5.73 Å². The van der Waals surface area contributed by atoms with Gasteiger partial charge in [0.1, 0.15) is 5.82 Å². The van der Waals surface area contributed by atoms with Crippen LogP contribution in [0.3, 0.4) is 0 Å². The number of alkyl halides is 2. The average molecular weight is 276 g/mol. The standard InChI is InChI=1S/C12H15F3N2O2/c1-7-9(13)4-8(5-10(7)16)12(19)17(2-3-18)6-11(14)15/h4-5,11,18H,2-3,6,16H2,1H3. The summed E-state index contributed by atoms with van der Waals surface area (Å²) in [5.41, 5.74) is 5.68. The number of rotatable bonds is 5. The Bertz CT molecular complexity index is 443. The number of hydrogen-bond acceptors (Lipinski definition) is 3. The Labute approximate surface area is 108 Å². The van der Waals surface area contributed by atoms with Crippen LogP contribution >= 0.6 is 0 Å². The van der Waals surface area contributed by atoms with E-state index in [1.54, 1.807) is 0 Å². The van der Waals surface area contributed by atoms with Crippen molar-refractivity contribution in [1.29, 1.82) is 0 Å². The largest absolute Gasteiger partial charge is 0.398 e. The van der Waals surface area contributed by atoms with E-state index in [4.69, 9.17) is 10.8 Å². The minimum atomic E-state index is -2.73. The Hall–Kier alpha value is -1.76. The highest BCUT2D eigenvalue weighted by Crippen LogP contribution is 2.19. The third-order valence-corrected chi connectivity index (χ3v) is 2.65. The SMILES string of the molecule is Cc1c(N)cc(C(=O)N(CCO)CC(F)F)cc1F. The maximum atomic E-state index is 13.5. The molecule has 0 bridgehead atoms. The van der Waals surface area contributed by atoms with E-state index in [9.17, 15) is 18.0 Å². The fourth-order valence-corrected chi connectivity index (χ4v) is 1.57. The Morgan fingerprint density at radius 2 is 2.11 bits per heavy atom. The van der Waals surface area contributed by atoms with Crippen LogP contribution in [0.15, 0.2) is 12.1 Å². The van der Waals surface area contributed by atoms with Crippen LogP contribution in [-0.4, -0.2) is 42.0 Å². The van der Waals surface area contributed by atoms with E-state index in [0.29, 0.717) is 0 Å². The second kappa shape index (κ2) is 6.42. The van der Waals surface area contributed by atoms with Gasteiger partial charge in [-0.2, -0.15) is 0 Å². The molecule has 1 amide bonds. The van der Waals surface area contributed by atoms with Crippen LogP contribution in [0.25, 0.3) is 0 Å². The zero-order valence-electron chi connectivity index (χ0n) is 10.4. The zero-order chi connectivity index (χ0) is 14.6. The summed E-state index contributed by atoms with van der Waals surface area (Å²) in [4.78, 5) is 12.7. The number of benzene rings is 1. The molecule has 1 rings (SSSR count). The smallest absolute Gasteiger partial charge is 0.255 e. The lowest BCUT2D eigenvalue weighted by molar-refractivity contribution is 0.0509. The summed E-state index contributed by atoms with van der Waals surface area (Å²) < 4.78 is 38.1. The molecule has 0 spiro atoms. The number of amides is 1. The second-order valence-electron chi connectivity index (χ2n) is 4.04. The van der Waals surface area contributed by atoms with Crippen molar-refractivity contribution in [3.63, 3.8) is 0 Å². The van der Waals surface area contributed by atoms with Crippen molar-refractivity contribution < 1.29 is 23.1 Å². The first kappa shape index (κ1) is 15.3. The highest BCUT2D eigenvalue weighted by molar-refractivity contribution is 5.95. The lowest BCUT2D eigenvalue weighted by Gasteiger charge is -2.21. The van der Waals surface area contributed by atoms with Crippen molar-refractivity contribution in [3.05, 3.63) is 29.1 Å². The van der Waals surface area contributed by atoms with Crippen LogP contribution in [0.4, 0.5) is 18.9 Å². The Morgan fingerprint density at radius 3 is 2.58 bits per heavy atom. The number of carbonyl (C=O) groups excluding carboxylic acids is 1. The molecule has 0 saturated carbocycles. The lowest BCUT2D eigenvalue weighted by Crippen LogP contribution is -2.37. The van der Waals surface area contributed by atoms with Crippen molar-refractivity contribution in [2.75, 3.05) is 25.4 Å². The third kappa shape index (κ3) is 3.85. The molecular weight excluding hydrogens is 261 g/mol. The summed E-state index contributed by atoms with van der Waals surface area (Å²) in [6, 6.07) is 2.18. The van der Waals surface area contributed by atoms with Crippen molar-refractivity contribution >= 4 is 11.6 Å². The van der Waals surface area contributed by atoms with Crippen molar-refractivity contribution in [2.24, 2.45) is 0 Å². The van der Waals surface area contributed by atoms with Gasteiger partial charge in [-0.05, 0) is 19.1 Å². The summed E-state index contributed by atoms with van der Waals surface area (Å²) in [6.45, 7) is -0.0841. The molecule has 0 aliphatic carbocycles. The van der Waals surface area contributed by atoms with Gasteiger partial charge in [-0.15, -0.1) is 0 Å². The maximum Gasteiger partial charge on any atom is 0.255 e. The number of halogens is 3. The fraction of sp³-hybridized carbons (Fsp3) is 0.417. The van der Waals surface area contributed by atoms with Crippen molar-refractivity contribution in [2.45, 2.75) is 13.3 Å². The molecule has 1 aromatic carbocycles. The molecule has 0 saturated heterocycles. The highest BCUT2D eigenvalue weighted by atomic mass is 19.3. The Morgan fingerprint density at radius 1 is 1.47 bits per heavy atom. The number of carbonyl (C=O) groups is 1. The van der Waals surface area contributed by atoms with Gasteiger partial charge in [0, 0.05) is 23.4 Å². The zero-order valence-corrected chi connectivity index (χ0v) is 10.4. The number of hydrogen-bond donors (Lipinski definition) is 2. The first-order chi connectivity index (χ1) is 8.86. The molecule has 19 heavy (non-hydrogen) atoms. The molecule has 3 N–H and O–H groups in total. The number of nitrogens with zero attached hydrogens (tertiary/aromatic N) is 1. The van der Waals surface area contributed by atoms with Gasteiger partial charge in [0.2, 0.25) is 0 Å². The van der Waals surface area contributed by atoms with Crippen LogP contribution in [0, 0.1) is 12.7 Å². The molecule has 0 aliphatic heterocycles. The van der Waals surface area contributed by atoms with Crippen LogP contribution in [0.2, 0.25) is 0 Å². The number of anilines is 1. The van der Waals surface area contributed by atoms with Gasteiger partial charge >= 0.3 is 0 Å². The molecule has 0 aliphatic rings. The Balaban J connectivity index is 3.02. The van der Waals surface area contributed by atoms with E-state index in [-0.39, 0.29) is 23.4 Å². The van der Waals surface area contributed by atoms with E-state index in [1.165, 1.54) is 13.0 Å². The number of aliphatic hydroxyl groups excluding tert-OH is 1. The summed E-state index contributed by atoms with van der Waals surface area (Å²) in [6.07, 6.45) is -2.73. The number of nitrogens with two attached hydrogens (primary N) is 1. The second-order valence-corrected chi connectivity index (χ2v) is 4.04. The first-order valence-corrected chi connectivity index (χ1v) is 5.60. The van der Waals surface area contributed by atoms with Gasteiger partial charge in [0.25, 0.3) is 12.3 Å². The number of aliphatic hydroxyl groups is 1. The normalized spacial score (nSPS) is 10.8. The summed E-state index contributed by atoms with van der Waals surface area (Å²) in [7, 11) is 0. The number of nitrogen functional groups attached to an aromatic ring is 1. The summed E-state index contributed by atoms with van der Waals surface area (Å²) in [5.74, 6) is -1.47. The van der Waals surface area contributed by atoms with Crippen molar-refractivity contribution in [1.82, 2.24) is 4.90 Å². The molecule has 0 heterocycles. The molecule has 1 aromatic rings. The predicted octanol–water partition coefficient (Wildman–Crippen LogP) is 1.42. The van der Waals surface area contributed by atoms with Crippen LogP contribution in [0.1, 0.15) is 15.9 Å². The van der Waals surface area contributed by atoms with Gasteiger partial charge < -0.3 is 15.7 Å². The lowest BCUT2D eigenvalue weighted by atomic mass is 10.1. The minimum Gasteiger partial charge on any atom is -0.398 e. The molecule has 106 valence electrons. The first-order valence-electron chi connectivity index (χ1n) is 5.60. The van der Waals surface area contributed by atoms with E-state index in [2.05, 4.69) is 0 Å². The fourth-order valence-electron chi connectivity index (χ4n) is 1.57. The van der Waals surface area contributed by atoms with Crippen LogP contribution in [-0.2, 0) is 0 Å². The molecular formula is C12H15F3N2O2. The summed E-state index contributed by atoms with van der Waals surface area (Å²) in [5, 5.41) is 8.76. The third-order valence-electron chi connectivity index (χ3n) is 2.65. The van der Waals surface area contributed by atoms with Gasteiger partial charge in [0.15, 0.2) is 0 Å². The molecule has 7 heteroatoms. The molecule has 4 nitrogen and oxygen atoms in total. The topological polar surface area (TPSA) is 66.6 Å².